The van der Waals surface area contributed by atoms with Crippen LogP contribution in [0.4, 0.5) is 17.2 Å². The number of benzene rings is 1. The van der Waals surface area contributed by atoms with Gasteiger partial charge in [0.1, 0.15) is 12.3 Å². The maximum atomic E-state index is 4.29. The molecule has 16 heavy (non-hydrogen) atoms. The van der Waals surface area contributed by atoms with Gasteiger partial charge in [-0.05, 0) is 12.1 Å². The number of pyridine rings is 1. The monoisotopic (exact) mass is 208 g/mol. The summed E-state index contributed by atoms with van der Waals surface area (Å²) in [5, 5.41) is 6.24. The lowest BCUT2D eigenvalue weighted by Crippen LogP contribution is -1.93. The Morgan fingerprint density at radius 2 is 2.00 bits per heavy atom. The molecule has 1 aliphatic heterocycles. The number of nitrogens with one attached hydrogen (secondary N) is 2. The van der Waals surface area contributed by atoms with E-state index in [2.05, 4.69) is 21.8 Å². The maximum Gasteiger partial charge on any atom is 0.293 e. The van der Waals surface area contributed by atoms with E-state index in [0.29, 0.717) is 0 Å². The molecule has 2 aromatic rings. The SMILES string of the molecule is [C+]1=Cc2cc(Nc3ccccc3)cnc2N1. The van der Waals surface area contributed by atoms with Crippen molar-refractivity contribution in [2.24, 2.45) is 0 Å². The van der Waals surface area contributed by atoms with Crippen LogP contribution in [-0.2, 0) is 0 Å². The third kappa shape index (κ3) is 1.60. The van der Waals surface area contributed by atoms with Crippen LogP contribution in [0.5, 0.6) is 0 Å². The van der Waals surface area contributed by atoms with E-state index in [1.807, 2.05) is 42.5 Å². The van der Waals surface area contributed by atoms with Crippen molar-refractivity contribution in [1.82, 2.24) is 4.98 Å². The van der Waals surface area contributed by atoms with E-state index in [-0.39, 0.29) is 0 Å². The summed E-state index contributed by atoms with van der Waals surface area (Å²) < 4.78 is 0. The number of nitrogens with zero attached hydrogens (tertiary/aromatic N) is 1. The highest BCUT2D eigenvalue weighted by molar-refractivity contribution is 5.73. The van der Waals surface area contributed by atoms with Gasteiger partial charge in [0, 0.05) is 11.8 Å². The van der Waals surface area contributed by atoms with Gasteiger partial charge in [0.2, 0.25) is 0 Å². The van der Waals surface area contributed by atoms with Gasteiger partial charge in [-0.15, -0.1) is 0 Å². The molecule has 1 aromatic carbocycles. The average molecular weight is 208 g/mol. The summed E-state index contributed by atoms with van der Waals surface area (Å²) in [7, 11) is 0. The number of aromatic nitrogens is 1. The van der Waals surface area contributed by atoms with Crippen molar-refractivity contribution in [3.05, 3.63) is 54.4 Å². The average Bonchev–Trinajstić information content (AvgIpc) is 2.77. The fourth-order valence-corrected chi connectivity index (χ4v) is 1.63. The summed E-state index contributed by atoms with van der Waals surface area (Å²) in [5.41, 5.74) is 3.09. The molecule has 0 saturated heterocycles. The van der Waals surface area contributed by atoms with Gasteiger partial charge in [-0.3, -0.25) is 0 Å². The van der Waals surface area contributed by atoms with Crippen molar-refractivity contribution >= 4 is 23.3 Å². The molecule has 1 aliphatic rings. The largest absolute Gasteiger partial charge is 0.353 e. The third-order valence-corrected chi connectivity index (χ3v) is 2.40. The molecule has 2 N–H and O–H groups in total. The van der Waals surface area contributed by atoms with Crippen LogP contribution in [0.1, 0.15) is 5.56 Å². The van der Waals surface area contributed by atoms with Crippen LogP contribution < -0.4 is 10.6 Å². The molecule has 0 radical (unpaired) electrons. The van der Waals surface area contributed by atoms with Crippen molar-refractivity contribution in [2.75, 3.05) is 10.6 Å². The standard InChI is InChI=1S/C13H10N3/c1-2-4-11(5-3-1)16-12-8-10-6-7-14-13(10)15-9-12/h1-6,8-9,16H,(H,14,15)/q+1. The van der Waals surface area contributed by atoms with Crippen LogP contribution >= 0.6 is 0 Å². The lowest BCUT2D eigenvalue weighted by molar-refractivity contribution is 1.31. The van der Waals surface area contributed by atoms with E-state index in [0.717, 1.165) is 22.8 Å². The fourth-order valence-electron chi connectivity index (χ4n) is 1.63. The van der Waals surface area contributed by atoms with Crippen molar-refractivity contribution in [2.45, 2.75) is 0 Å². The number of para-hydroxylation sites is 1. The molecule has 0 atom stereocenters. The Hall–Kier alpha value is -2.38. The van der Waals surface area contributed by atoms with E-state index in [4.69, 9.17) is 0 Å². The highest BCUT2D eigenvalue weighted by atomic mass is 15.0. The van der Waals surface area contributed by atoms with Gasteiger partial charge >= 0.3 is 0 Å². The second kappa shape index (κ2) is 3.65. The second-order valence-electron chi connectivity index (χ2n) is 3.57. The number of hydrogen-bond acceptors (Lipinski definition) is 3. The predicted molar refractivity (Wildman–Crippen MR) is 65.3 cm³/mol. The first-order chi connectivity index (χ1) is 7.92. The molecule has 0 fully saturated rings. The smallest absolute Gasteiger partial charge is 0.293 e. The molecule has 76 valence electrons. The molecule has 2 heterocycles. The summed E-state index contributed by atoms with van der Waals surface area (Å²) >= 11 is 0. The minimum absolute atomic E-state index is 0.860. The molecular formula is C13H10N3+. The van der Waals surface area contributed by atoms with Gasteiger partial charge in [-0.25, -0.2) is 0 Å². The summed E-state index contributed by atoms with van der Waals surface area (Å²) in [5.74, 6) is 0.860. The van der Waals surface area contributed by atoms with Gasteiger partial charge in [0.05, 0.1) is 11.9 Å². The first kappa shape index (κ1) is 8.89. The normalized spacial score (nSPS) is 11.5. The van der Waals surface area contributed by atoms with E-state index in [1.54, 1.807) is 6.20 Å². The summed E-state index contributed by atoms with van der Waals surface area (Å²) in [4.78, 5) is 4.29. The molecule has 0 aliphatic carbocycles. The molecule has 3 heteroatoms. The van der Waals surface area contributed by atoms with Gasteiger partial charge in [0.15, 0.2) is 5.56 Å². The first-order valence-electron chi connectivity index (χ1n) is 5.09. The van der Waals surface area contributed by atoms with Crippen molar-refractivity contribution in [3.8, 4) is 0 Å². The van der Waals surface area contributed by atoms with Gasteiger partial charge in [-0.1, -0.05) is 18.2 Å². The van der Waals surface area contributed by atoms with E-state index >= 15 is 0 Å². The van der Waals surface area contributed by atoms with Crippen LogP contribution in [0.3, 0.4) is 0 Å². The predicted octanol–water partition coefficient (Wildman–Crippen LogP) is 3.02. The zero-order valence-electron chi connectivity index (χ0n) is 8.57. The minimum Gasteiger partial charge on any atom is -0.353 e. The lowest BCUT2D eigenvalue weighted by atomic mass is 10.2. The topological polar surface area (TPSA) is 37.0 Å². The van der Waals surface area contributed by atoms with Crippen LogP contribution in [0.15, 0.2) is 42.6 Å². The highest BCUT2D eigenvalue weighted by Gasteiger charge is 2.18. The minimum atomic E-state index is 0.860. The molecule has 0 saturated carbocycles. The number of anilines is 3. The Morgan fingerprint density at radius 3 is 2.88 bits per heavy atom. The summed E-state index contributed by atoms with van der Waals surface area (Å²) in [6, 6.07) is 12.1. The number of hydrogen-bond donors (Lipinski definition) is 2. The van der Waals surface area contributed by atoms with E-state index < -0.39 is 0 Å². The Labute approximate surface area is 93.8 Å². The third-order valence-electron chi connectivity index (χ3n) is 2.40. The van der Waals surface area contributed by atoms with Crippen molar-refractivity contribution in [3.63, 3.8) is 0 Å². The lowest BCUT2D eigenvalue weighted by Gasteiger charge is -2.04. The highest BCUT2D eigenvalue weighted by Crippen LogP contribution is 2.24. The Bertz CT molecular complexity index is 532. The van der Waals surface area contributed by atoms with Crippen LogP contribution in [-0.4, -0.2) is 4.98 Å². The van der Waals surface area contributed by atoms with Gasteiger partial charge in [0.25, 0.3) is 5.82 Å². The van der Waals surface area contributed by atoms with Crippen molar-refractivity contribution < 1.29 is 0 Å². The number of fused-ring (bicyclic) bond motifs is 1. The van der Waals surface area contributed by atoms with Crippen LogP contribution in [0, 0.1) is 6.20 Å². The summed E-state index contributed by atoms with van der Waals surface area (Å²) in [6.45, 7) is 0. The molecular weight excluding hydrogens is 198 g/mol. The molecule has 3 nitrogen and oxygen atoms in total. The van der Waals surface area contributed by atoms with Crippen molar-refractivity contribution in [1.29, 1.82) is 0 Å². The Morgan fingerprint density at radius 1 is 1.12 bits per heavy atom. The Kier molecular flexibility index (Phi) is 2.03. The van der Waals surface area contributed by atoms with E-state index in [1.165, 1.54) is 0 Å². The quantitative estimate of drug-likeness (QED) is 0.745. The van der Waals surface area contributed by atoms with Gasteiger partial charge in [-0.2, -0.15) is 10.3 Å². The maximum absolute atomic E-state index is 4.29. The second-order valence-corrected chi connectivity index (χ2v) is 3.57. The zero-order chi connectivity index (χ0) is 10.8. The zero-order valence-corrected chi connectivity index (χ0v) is 8.57. The van der Waals surface area contributed by atoms with Crippen LogP contribution in [0.2, 0.25) is 0 Å². The Balaban J connectivity index is 1.88. The van der Waals surface area contributed by atoms with Gasteiger partial charge < -0.3 is 5.32 Å². The number of rotatable bonds is 2. The molecule has 0 bridgehead atoms. The molecule has 0 amide bonds. The summed E-state index contributed by atoms with van der Waals surface area (Å²) in [6.07, 6.45) is 6.61. The van der Waals surface area contributed by atoms with Crippen LogP contribution in [0.25, 0.3) is 6.08 Å². The molecule has 3 rings (SSSR count). The molecule has 0 unspecified atom stereocenters. The van der Waals surface area contributed by atoms with E-state index in [9.17, 15) is 0 Å². The first-order valence-corrected chi connectivity index (χ1v) is 5.09. The fraction of sp³-hybridized carbons (Fsp3) is 0. The molecule has 0 spiro atoms. The molecule has 1 aromatic heterocycles.